The lowest BCUT2D eigenvalue weighted by Crippen LogP contribution is -2.28. The van der Waals surface area contributed by atoms with E-state index in [1.165, 1.54) is 0 Å². The van der Waals surface area contributed by atoms with E-state index >= 15 is 0 Å². The quantitative estimate of drug-likeness (QED) is 0.544. The molecule has 0 bridgehead atoms. The number of sulfonamides is 1. The summed E-state index contributed by atoms with van der Waals surface area (Å²) in [5.74, 6) is 0.274. The number of benzene rings is 3. The molecule has 1 aliphatic heterocycles. The van der Waals surface area contributed by atoms with E-state index in [1.807, 2.05) is 30.3 Å². The molecule has 0 saturated carbocycles. The van der Waals surface area contributed by atoms with Crippen molar-refractivity contribution in [1.29, 1.82) is 0 Å². The van der Waals surface area contributed by atoms with Crippen LogP contribution in [0, 0.1) is 0 Å². The zero-order chi connectivity index (χ0) is 22.9. The van der Waals surface area contributed by atoms with Crippen molar-refractivity contribution in [2.75, 3.05) is 11.4 Å². The van der Waals surface area contributed by atoms with E-state index in [1.54, 1.807) is 41.3 Å². The second-order valence-corrected chi connectivity index (χ2v) is 10.4. The van der Waals surface area contributed by atoms with Gasteiger partial charge in [-0.1, -0.05) is 49.7 Å². The van der Waals surface area contributed by atoms with Crippen LogP contribution in [0.15, 0.2) is 71.6 Å². The highest BCUT2D eigenvalue weighted by Gasteiger charge is 2.26. The Morgan fingerprint density at radius 3 is 2.38 bits per heavy atom. The van der Waals surface area contributed by atoms with E-state index in [-0.39, 0.29) is 17.3 Å². The number of rotatable bonds is 6. The highest BCUT2D eigenvalue weighted by atomic mass is 35.5. The van der Waals surface area contributed by atoms with E-state index in [4.69, 9.17) is 11.6 Å². The van der Waals surface area contributed by atoms with Crippen molar-refractivity contribution in [2.45, 2.75) is 37.6 Å². The number of nitrogens with one attached hydrogen (secondary N) is 1. The SMILES string of the molecule is CC(C)c1ccc(S(=O)(=O)NCc2ccc3c(c2)CCN3C(=O)c2ccc(Cl)cc2)cc1. The van der Waals surface area contributed by atoms with Crippen LogP contribution < -0.4 is 9.62 Å². The fourth-order valence-corrected chi connectivity index (χ4v) is 4.96. The summed E-state index contributed by atoms with van der Waals surface area (Å²) < 4.78 is 28.0. The van der Waals surface area contributed by atoms with Gasteiger partial charge in [0.2, 0.25) is 10.0 Å². The van der Waals surface area contributed by atoms with Gasteiger partial charge in [-0.2, -0.15) is 0 Å². The molecule has 166 valence electrons. The molecule has 1 N–H and O–H groups in total. The van der Waals surface area contributed by atoms with Crippen molar-refractivity contribution < 1.29 is 13.2 Å². The molecule has 0 atom stereocenters. The van der Waals surface area contributed by atoms with Gasteiger partial charge in [-0.15, -0.1) is 0 Å². The van der Waals surface area contributed by atoms with Crippen molar-refractivity contribution in [3.63, 3.8) is 0 Å². The molecule has 1 amide bonds. The minimum Gasteiger partial charge on any atom is -0.308 e. The van der Waals surface area contributed by atoms with Gasteiger partial charge in [0.1, 0.15) is 0 Å². The fraction of sp³-hybridized carbons (Fsp3) is 0.240. The molecule has 0 fully saturated rings. The van der Waals surface area contributed by atoms with E-state index in [0.29, 0.717) is 23.0 Å². The van der Waals surface area contributed by atoms with E-state index < -0.39 is 10.0 Å². The lowest BCUT2D eigenvalue weighted by molar-refractivity contribution is 0.0989. The molecule has 0 radical (unpaired) electrons. The molecule has 0 saturated heterocycles. The van der Waals surface area contributed by atoms with Crippen molar-refractivity contribution >= 4 is 33.2 Å². The number of fused-ring (bicyclic) bond motifs is 1. The molecule has 3 aromatic carbocycles. The predicted octanol–water partition coefficient (Wildman–Crippen LogP) is 5.14. The summed E-state index contributed by atoms with van der Waals surface area (Å²) in [6.07, 6.45) is 0.728. The predicted molar refractivity (Wildman–Crippen MR) is 128 cm³/mol. The van der Waals surface area contributed by atoms with Crippen molar-refractivity contribution in [3.8, 4) is 0 Å². The van der Waals surface area contributed by atoms with Crippen LogP contribution in [0.3, 0.4) is 0 Å². The standard InChI is InChI=1S/C25H25ClN2O3S/c1-17(2)19-6-10-23(11-7-19)32(30,31)27-16-18-3-12-24-21(15-18)13-14-28(24)25(29)20-4-8-22(26)9-5-20/h3-12,15,17,27H,13-14,16H2,1-2H3. The van der Waals surface area contributed by atoms with Crippen LogP contribution in [0.1, 0.15) is 46.8 Å². The maximum Gasteiger partial charge on any atom is 0.258 e. The molecule has 5 nitrogen and oxygen atoms in total. The van der Waals surface area contributed by atoms with Crippen LogP contribution in [0.2, 0.25) is 5.02 Å². The van der Waals surface area contributed by atoms with Crippen molar-refractivity contribution in [1.82, 2.24) is 4.72 Å². The molecule has 0 spiro atoms. The van der Waals surface area contributed by atoms with Crippen LogP contribution in [-0.2, 0) is 23.0 Å². The zero-order valence-electron chi connectivity index (χ0n) is 18.0. The number of amides is 1. The molecular formula is C25H25ClN2O3S. The lowest BCUT2D eigenvalue weighted by atomic mass is 10.0. The second-order valence-electron chi connectivity index (χ2n) is 8.23. The molecule has 0 aliphatic carbocycles. The first-order valence-electron chi connectivity index (χ1n) is 10.5. The summed E-state index contributed by atoms with van der Waals surface area (Å²) in [7, 11) is -3.60. The van der Waals surface area contributed by atoms with E-state index in [0.717, 1.165) is 28.8 Å². The molecule has 1 heterocycles. The van der Waals surface area contributed by atoms with Crippen LogP contribution in [0.5, 0.6) is 0 Å². The highest BCUT2D eigenvalue weighted by Crippen LogP contribution is 2.30. The van der Waals surface area contributed by atoms with Gasteiger partial charge < -0.3 is 4.90 Å². The summed E-state index contributed by atoms with van der Waals surface area (Å²) in [5, 5.41) is 0.589. The van der Waals surface area contributed by atoms with Crippen molar-refractivity contribution in [3.05, 3.63) is 94.0 Å². The highest BCUT2D eigenvalue weighted by molar-refractivity contribution is 7.89. The third kappa shape index (κ3) is 4.72. The van der Waals surface area contributed by atoms with Crippen LogP contribution in [0.25, 0.3) is 0 Å². The third-order valence-corrected chi connectivity index (χ3v) is 7.37. The number of carbonyl (C=O) groups is 1. The Hall–Kier alpha value is -2.67. The minimum absolute atomic E-state index is 0.0706. The summed E-state index contributed by atoms with van der Waals surface area (Å²) in [4.78, 5) is 14.9. The Labute approximate surface area is 194 Å². The van der Waals surface area contributed by atoms with Crippen molar-refractivity contribution in [2.24, 2.45) is 0 Å². The Morgan fingerprint density at radius 2 is 1.72 bits per heavy atom. The maximum absolute atomic E-state index is 12.9. The molecular weight excluding hydrogens is 444 g/mol. The number of hydrogen-bond acceptors (Lipinski definition) is 3. The average molecular weight is 469 g/mol. The number of nitrogens with zero attached hydrogens (tertiary/aromatic N) is 1. The smallest absolute Gasteiger partial charge is 0.258 e. The van der Waals surface area contributed by atoms with Crippen LogP contribution in [-0.4, -0.2) is 20.9 Å². The monoisotopic (exact) mass is 468 g/mol. The summed E-state index contributed by atoms with van der Waals surface area (Å²) in [6, 6.07) is 19.5. The first kappa shape index (κ1) is 22.5. The first-order chi connectivity index (χ1) is 15.2. The normalized spacial score (nSPS) is 13.4. The molecule has 4 rings (SSSR count). The number of anilines is 1. The number of carbonyl (C=O) groups excluding carboxylic acids is 1. The van der Waals surface area contributed by atoms with Gasteiger partial charge in [0.25, 0.3) is 5.91 Å². The van der Waals surface area contributed by atoms with Gasteiger partial charge in [0, 0.05) is 29.4 Å². The van der Waals surface area contributed by atoms with Crippen LogP contribution >= 0.6 is 11.6 Å². The zero-order valence-corrected chi connectivity index (χ0v) is 19.6. The maximum atomic E-state index is 12.9. The number of halogens is 1. The molecule has 1 aliphatic rings. The topological polar surface area (TPSA) is 66.5 Å². The van der Waals surface area contributed by atoms with E-state index in [9.17, 15) is 13.2 Å². The number of hydrogen-bond donors (Lipinski definition) is 1. The van der Waals surface area contributed by atoms with Crippen LogP contribution in [0.4, 0.5) is 5.69 Å². The third-order valence-electron chi connectivity index (χ3n) is 5.70. The van der Waals surface area contributed by atoms with Gasteiger partial charge in [-0.05, 0) is 71.5 Å². The summed E-state index contributed by atoms with van der Waals surface area (Å²) in [5.41, 5.74) is 4.43. The van der Waals surface area contributed by atoms with Gasteiger partial charge in [0.05, 0.1) is 4.90 Å². The first-order valence-corrected chi connectivity index (χ1v) is 12.4. The Morgan fingerprint density at radius 1 is 1.03 bits per heavy atom. The Balaban J connectivity index is 1.45. The molecule has 0 unspecified atom stereocenters. The van der Waals surface area contributed by atoms with Gasteiger partial charge in [-0.3, -0.25) is 4.79 Å². The largest absolute Gasteiger partial charge is 0.308 e. The fourth-order valence-electron chi connectivity index (χ4n) is 3.82. The summed E-state index contributed by atoms with van der Waals surface area (Å²) >= 11 is 5.92. The molecule has 0 aromatic heterocycles. The average Bonchev–Trinajstić information content (AvgIpc) is 3.21. The van der Waals surface area contributed by atoms with Gasteiger partial charge in [0.15, 0.2) is 0 Å². The van der Waals surface area contributed by atoms with Gasteiger partial charge >= 0.3 is 0 Å². The second kappa shape index (κ2) is 9.06. The van der Waals surface area contributed by atoms with Gasteiger partial charge in [-0.25, -0.2) is 13.1 Å². The minimum atomic E-state index is -3.60. The molecule has 32 heavy (non-hydrogen) atoms. The summed E-state index contributed by atoms with van der Waals surface area (Å²) in [6.45, 7) is 4.92. The lowest BCUT2D eigenvalue weighted by Gasteiger charge is -2.18. The molecule has 7 heteroatoms. The Bertz CT molecular complexity index is 1240. The Kier molecular flexibility index (Phi) is 6.38. The van der Waals surface area contributed by atoms with E-state index in [2.05, 4.69) is 18.6 Å². The molecule has 3 aromatic rings.